The molecule has 6 heteroatoms. The highest BCUT2D eigenvalue weighted by molar-refractivity contribution is 8.26. The van der Waals surface area contributed by atoms with Crippen molar-refractivity contribution in [2.75, 3.05) is 7.11 Å². The van der Waals surface area contributed by atoms with E-state index >= 15 is 0 Å². The SMILES string of the molecule is COc1ccccc1Sc1ccc(C=C2SC(=S)NC2=O)cc1. The standard InChI is InChI=1S/C17H13NO2S3/c1-20-13-4-2-3-5-14(13)22-12-8-6-11(7-9-12)10-15-16(19)18-17(21)23-15/h2-10H,1H3,(H,18,19,21). The third-order valence-electron chi connectivity index (χ3n) is 3.12. The zero-order valence-corrected chi connectivity index (χ0v) is 14.7. The Balaban J connectivity index is 1.76. The van der Waals surface area contributed by atoms with Crippen LogP contribution in [0.5, 0.6) is 5.75 Å². The summed E-state index contributed by atoms with van der Waals surface area (Å²) in [6.45, 7) is 0. The molecule has 3 nitrogen and oxygen atoms in total. The van der Waals surface area contributed by atoms with Gasteiger partial charge in [0.05, 0.1) is 16.9 Å². The molecule has 1 saturated heterocycles. The van der Waals surface area contributed by atoms with Gasteiger partial charge in [0.1, 0.15) is 10.1 Å². The topological polar surface area (TPSA) is 38.3 Å². The first-order valence-corrected chi connectivity index (χ1v) is 8.85. The van der Waals surface area contributed by atoms with Gasteiger partial charge in [-0.15, -0.1) is 0 Å². The number of hydrogen-bond donors (Lipinski definition) is 1. The molecule has 0 bridgehead atoms. The highest BCUT2D eigenvalue weighted by Gasteiger charge is 2.21. The van der Waals surface area contributed by atoms with Crippen LogP contribution in [0.25, 0.3) is 6.08 Å². The van der Waals surface area contributed by atoms with Crippen molar-refractivity contribution >= 4 is 52.0 Å². The molecule has 1 fully saturated rings. The first-order chi connectivity index (χ1) is 11.2. The molecule has 1 amide bonds. The summed E-state index contributed by atoms with van der Waals surface area (Å²) in [5.74, 6) is 0.726. The van der Waals surface area contributed by atoms with Gasteiger partial charge in [-0.1, -0.05) is 60.0 Å². The van der Waals surface area contributed by atoms with Gasteiger partial charge in [0, 0.05) is 4.90 Å². The number of amides is 1. The molecule has 0 aliphatic carbocycles. The molecule has 1 aliphatic heterocycles. The lowest BCUT2D eigenvalue weighted by Gasteiger charge is -2.07. The summed E-state index contributed by atoms with van der Waals surface area (Å²) in [6, 6.07) is 15.9. The molecule has 3 rings (SSSR count). The molecule has 0 saturated carbocycles. The molecule has 23 heavy (non-hydrogen) atoms. The first kappa shape index (κ1) is 16.1. The van der Waals surface area contributed by atoms with Crippen LogP contribution < -0.4 is 10.1 Å². The summed E-state index contributed by atoms with van der Waals surface area (Å²) in [5, 5.41) is 2.61. The number of carbonyl (C=O) groups is 1. The maximum Gasteiger partial charge on any atom is 0.263 e. The van der Waals surface area contributed by atoms with Crippen LogP contribution >= 0.6 is 35.7 Å². The van der Waals surface area contributed by atoms with Crippen LogP contribution in [0.15, 0.2) is 63.2 Å². The van der Waals surface area contributed by atoms with Crippen LogP contribution in [0.2, 0.25) is 0 Å². The van der Waals surface area contributed by atoms with Gasteiger partial charge in [0.25, 0.3) is 5.91 Å². The number of ether oxygens (including phenoxy) is 1. The third kappa shape index (κ3) is 3.96. The Morgan fingerprint density at radius 3 is 2.57 bits per heavy atom. The van der Waals surface area contributed by atoms with E-state index in [4.69, 9.17) is 17.0 Å². The molecule has 116 valence electrons. The van der Waals surface area contributed by atoms with Gasteiger partial charge in [-0.05, 0) is 35.9 Å². The lowest BCUT2D eigenvalue weighted by molar-refractivity contribution is -0.115. The maximum absolute atomic E-state index is 11.7. The largest absolute Gasteiger partial charge is 0.496 e. The molecular weight excluding hydrogens is 346 g/mol. The minimum absolute atomic E-state index is 0.132. The van der Waals surface area contributed by atoms with Crippen LogP contribution in [0.3, 0.4) is 0 Å². The zero-order valence-electron chi connectivity index (χ0n) is 12.2. The molecule has 0 unspecified atom stereocenters. The Kier molecular flexibility index (Phi) is 5.05. The predicted molar refractivity (Wildman–Crippen MR) is 99.9 cm³/mol. The van der Waals surface area contributed by atoms with E-state index in [9.17, 15) is 4.79 Å². The zero-order chi connectivity index (χ0) is 16.2. The summed E-state index contributed by atoms with van der Waals surface area (Å²) in [4.78, 5) is 14.5. The van der Waals surface area contributed by atoms with Gasteiger partial charge in [-0.25, -0.2) is 0 Å². The molecule has 0 spiro atoms. The lowest BCUT2D eigenvalue weighted by Crippen LogP contribution is -2.17. The van der Waals surface area contributed by atoms with Gasteiger partial charge >= 0.3 is 0 Å². The second-order valence-electron chi connectivity index (χ2n) is 4.67. The normalized spacial score (nSPS) is 15.8. The molecule has 1 aliphatic rings. The van der Waals surface area contributed by atoms with E-state index in [1.807, 2.05) is 54.6 Å². The van der Waals surface area contributed by atoms with Gasteiger partial charge in [0.15, 0.2) is 0 Å². The summed E-state index contributed by atoms with van der Waals surface area (Å²) in [7, 11) is 1.67. The van der Waals surface area contributed by atoms with Crippen molar-refractivity contribution < 1.29 is 9.53 Å². The Morgan fingerprint density at radius 1 is 1.17 bits per heavy atom. The summed E-state index contributed by atoms with van der Waals surface area (Å²) in [5.41, 5.74) is 0.969. The number of thiocarbonyl (C=S) groups is 1. The van der Waals surface area contributed by atoms with Crippen LogP contribution in [0, 0.1) is 0 Å². The molecule has 1 heterocycles. The van der Waals surface area contributed by atoms with E-state index in [-0.39, 0.29) is 5.91 Å². The number of hydrogen-bond acceptors (Lipinski definition) is 5. The quantitative estimate of drug-likeness (QED) is 0.649. The van der Waals surface area contributed by atoms with Crippen LogP contribution in [0.4, 0.5) is 0 Å². The fraction of sp³-hybridized carbons (Fsp3) is 0.0588. The molecule has 2 aromatic carbocycles. The predicted octanol–water partition coefficient (Wildman–Crippen LogP) is 4.34. The molecule has 2 aromatic rings. The van der Waals surface area contributed by atoms with E-state index in [0.717, 1.165) is 21.1 Å². The van der Waals surface area contributed by atoms with Crippen LogP contribution in [-0.2, 0) is 4.79 Å². The third-order valence-corrected chi connectivity index (χ3v) is 5.34. The van der Waals surface area contributed by atoms with Crippen molar-refractivity contribution in [2.45, 2.75) is 9.79 Å². The van der Waals surface area contributed by atoms with Crippen molar-refractivity contribution in [2.24, 2.45) is 0 Å². The average Bonchev–Trinajstić information content (AvgIpc) is 2.87. The van der Waals surface area contributed by atoms with E-state index in [1.165, 1.54) is 11.8 Å². The molecule has 0 atom stereocenters. The van der Waals surface area contributed by atoms with Crippen LogP contribution in [-0.4, -0.2) is 17.3 Å². The molecular formula is C17H13NO2S3. The lowest BCUT2D eigenvalue weighted by atomic mass is 10.2. The average molecular weight is 359 g/mol. The number of methoxy groups -OCH3 is 1. The minimum Gasteiger partial charge on any atom is -0.496 e. The number of para-hydroxylation sites is 1. The van der Waals surface area contributed by atoms with Gasteiger partial charge in [0.2, 0.25) is 0 Å². The molecule has 1 N–H and O–H groups in total. The van der Waals surface area contributed by atoms with E-state index in [1.54, 1.807) is 18.9 Å². The number of carbonyl (C=O) groups excluding carboxylic acids is 1. The summed E-state index contributed by atoms with van der Waals surface area (Å²) < 4.78 is 5.87. The summed E-state index contributed by atoms with van der Waals surface area (Å²) >= 11 is 7.91. The monoisotopic (exact) mass is 359 g/mol. The summed E-state index contributed by atoms with van der Waals surface area (Å²) in [6.07, 6.45) is 1.84. The van der Waals surface area contributed by atoms with Gasteiger partial charge < -0.3 is 10.1 Å². The number of thioether (sulfide) groups is 1. The smallest absolute Gasteiger partial charge is 0.263 e. The van der Waals surface area contributed by atoms with E-state index in [2.05, 4.69) is 5.32 Å². The highest BCUT2D eigenvalue weighted by Crippen LogP contribution is 2.35. The highest BCUT2D eigenvalue weighted by atomic mass is 32.2. The van der Waals surface area contributed by atoms with Gasteiger partial charge in [-0.2, -0.15) is 0 Å². The van der Waals surface area contributed by atoms with Crippen molar-refractivity contribution in [3.8, 4) is 5.75 Å². The second-order valence-corrected chi connectivity index (χ2v) is 7.51. The maximum atomic E-state index is 11.7. The fourth-order valence-electron chi connectivity index (χ4n) is 2.03. The van der Waals surface area contributed by atoms with Crippen molar-refractivity contribution in [3.05, 3.63) is 59.0 Å². The van der Waals surface area contributed by atoms with E-state index in [0.29, 0.717) is 9.23 Å². The Bertz CT molecular complexity index is 785. The number of benzene rings is 2. The van der Waals surface area contributed by atoms with Crippen molar-refractivity contribution in [1.29, 1.82) is 0 Å². The number of rotatable bonds is 4. The Labute approximate surface area is 148 Å². The molecule has 0 aromatic heterocycles. The van der Waals surface area contributed by atoms with Crippen LogP contribution in [0.1, 0.15) is 5.56 Å². The first-order valence-electron chi connectivity index (χ1n) is 6.81. The Hall–Kier alpha value is -1.76. The fourth-order valence-corrected chi connectivity index (χ4v) is 4.00. The molecule has 0 radical (unpaired) electrons. The number of nitrogens with one attached hydrogen (secondary N) is 1. The Morgan fingerprint density at radius 2 is 1.91 bits per heavy atom. The van der Waals surface area contributed by atoms with Crippen molar-refractivity contribution in [3.63, 3.8) is 0 Å². The van der Waals surface area contributed by atoms with E-state index < -0.39 is 0 Å². The van der Waals surface area contributed by atoms with Gasteiger partial charge in [-0.3, -0.25) is 4.79 Å². The van der Waals surface area contributed by atoms with Crippen molar-refractivity contribution in [1.82, 2.24) is 5.32 Å². The minimum atomic E-state index is -0.132. The second kappa shape index (κ2) is 7.21.